The number of rotatable bonds is 7. The molecule has 3 rings (SSSR count). The fourth-order valence-corrected chi connectivity index (χ4v) is 3.44. The maximum atomic E-state index is 12.3. The maximum absolute atomic E-state index is 12.3. The summed E-state index contributed by atoms with van der Waals surface area (Å²) >= 11 is 7.63. The van der Waals surface area contributed by atoms with Crippen LogP contribution < -0.4 is 10.1 Å². The fourth-order valence-electron chi connectivity index (χ4n) is 2.41. The summed E-state index contributed by atoms with van der Waals surface area (Å²) in [4.78, 5) is 13.2. The first-order chi connectivity index (χ1) is 12.7. The SMILES string of the molecule is COc1ccccc1SCC(=O)Nc1ccnn1Cc1ccccc1Cl. The number of ether oxygens (including phenoxy) is 1. The molecule has 0 radical (unpaired) electrons. The molecule has 0 saturated heterocycles. The number of halogens is 1. The summed E-state index contributed by atoms with van der Waals surface area (Å²) in [5.41, 5.74) is 0.941. The third-order valence-corrected chi connectivity index (χ3v) is 5.11. The molecule has 0 aliphatic rings. The molecule has 1 N–H and O–H groups in total. The molecule has 0 unspecified atom stereocenters. The molecular weight excluding hydrogens is 370 g/mol. The van der Waals surface area contributed by atoms with Crippen LogP contribution in [0.15, 0.2) is 65.7 Å². The Morgan fingerprint density at radius 2 is 1.96 bits per heavy atom. The van der Waals surface area contributed by atoms with Crippen molar-refractivity contribution in [3.8, 4) is 5.75 Å². The van der Waals surface area contributed by atoms with E-state index in [0.717, 1.165) is 16.2 Å². The van der Waals surface area contributed by atoms with Gasteiger partial charge in [-0.15, -0.1) is 11.8 Å². The van der Waals surface area contributed by atoms with Crippen molar-refractivity contribution in [2.45, 2.75) is 11.4 Å². The van der Waals surface area contributed by atoms with Crippen molar-refractivity contribution in [2.75, 3.05) is 18.2 Å². The van der Waals surface area contributed by atoms with Crippen molar-refractivity contribution in [1.82, 2.24) is 9.78 Å². The van der Waals surface area contributed by atoms with Crippen LogP contribution in [-0.4, -0.2) is 28.6 Å². The predicted molar refractivity (Wildman–Crippen MR) is 105 cm³/mol. The van der Waals surface area contributed by atoms with Gasteiger partial charge in [0.15, 0.2) is 0 Å². The Morgan fingerprint density at radius 3 is 2.77 bits per heavy atom. The van der Waals surface area contributed by atoms with E-state index >= 15 is 0 Å². The number of anilines is 1. The van der Waals surface area contributed by atoms with E-state index in [9.17, 15) is 4.79 Å². The Labute approximate surface area is 161 Å². The predicted octanol–water partition coefficient (Wildman–Crippen LogP) is 4.32. The van der Waals surface area contributed by atoms with Gasteiger partial charge in [0.25, 0.3) is 0 Å². The van der Waals surface area contributed by atoms with Crippen molar-refractivity contribution < 1.29 is 9.53 Å². The minimum atomic E-state index is -0.109. The molecule has 1 amide bonds. The van der Waals surface area contributed by atoms with Crippen LogP contribution in [0.2, 0.25) is 5.02 Å². The van der Waals surface area contributed by atoms with Gasteiger partial charge in [0, 0.05) is 16.0 Å². The zero-order valence-corrected chi connectivity index (χ0v) is 15.8. The Balaban J connectivity index is 1.62. The zero-order chi connectivity index (χ0) is 18.4. The molecule has 7 heteroatoms. The van der Waals surface area contributed by atoms with Gasteiger partial charge in [-0.1, -0.05) is 41.9 Å². The lowest BCUT2D eigenvalue weighted by molar-refractivity contribution is -0.113. The number of para-hydroxylation sites is 1. The van der Waals surface area contributed by atoms with Crippen LogP contribution in [0, 0.1) is 0 Å². The Hall–Kier alpha value is -2.44. The summed E-state index contributed by atoms with van der Waals surface area (Å²) in [5.74, 6) is 1.56. The van der Waals surface area contributed by atoms with Crippen molar-refractivity contribution in [2.24, 2.45) is 0 Å². The minimum absolute atomic E-state index is 0.109. The van der Waals surface area contributed by atoms with Crippen molar-refractivity contribution in [1.29, 1.82) is 0 Å². The summed E-state index contributed by atoms with van der Waals surface area (Å²) < 4.78 is 7.02. The van der Waals surface area contributed by atoms with Gasteiger partial charge < -0.3 is 10.1 Å². The molecule has 0 fully saturated rings. The minimum Gasteiger partial charge on any atom is -0.496 e. The fraction of sp³-hybridized carbons (Fsp3) is 0.158. The second-order valence-electron chi connectivity index (χ2n) is 5.45. The normalized spacial score (nSPS) is 10.5. The largest absolute Gasteiger partial charge is 0.496 e. The van der Waals surface area contributed by atoms with E-state index in [1.165, 1.54) is 11.8 Å². The van der Waals surface area contributed by atoms with E-state index in [1.54, 1.807) is 24.1 Å². The molecule has 134 valence electrons. The van der Waals surface area contributed by atoms with Crippen LogP contribution >= 0.6 is 23.4 Å². The van der Waals surface area contributed by atoms with Gasteiger partial charge in [-0.2, -0.15) is 5.10 Å². The van der Waals surface area contributed by atoms with Gasteiger partial charge in [0.2, 0.25) is 5.91 Å². The molecule has 26 heavy (non-hydrogen) atoms. The van der Waals surface area contributed by atoms with Crippen LogP contribution in [0.3, 0.4) is 0 Å². The van der Waals surface area contributed by atoms with E-state index in [4.69, 9.17) is 16.3 Å². The average molecular weight is 388 g/mol. The van der Waals surface area contributed by atoms with E-state index in [1.807, 2.05) is 48.5 Å². The molecule has 1 aromatic heterocycles. The van der Waals surface area contributed by atoms with Crippen LogP contribution in [-0.2, 0) is 11.3 Å². The molecule has 0 saturated carbocycles. The molecule has 0 bridgehead atoms. The number of hydrogen-bond acceptors (Lipinski definition) is 4. The first kappa shape index (κ1) is 18.4. The molecule has 0 atom stereocenters. The molecule has 1 heterocycles. The van der Waals surface area contributed by atoms with E-state index in [-0.39, 0.29) is 11.7 Å². The standard InChI is InChI=1S/C19H18ClN3O2S/c1-25-16-8-4-5-9-17(16)26-13-19(24)22-18-10-11-21-23(18)12-14-6-2-3-7-15(14)20/h2-11H,12-13H2,1H3,(H,22,24). The number of hydrogen-bond donors (Lipinski definition) is 1. The highest BCUT2D eigenvalue weighted by molar-refractivity contribution is 8.00. The first-order valence-electron chi connectivity index (χ1n) is 7.98. The average Bonchev–Trinajstić information content (AvgIpc) is 3.08. The maximum Gasteiger partial charge on any atom is 0.235 e. The Morgan fingerprint density at radius 1 is 1.19 bits per heavy atom. The van der Waals surface area contributed by atoms with Gasteiger partial charge in [-0.05, 0) is 23.8 Å². The van der Waals surface area contributed by atoms with E-state index in [2.05, 4.69) is 10.4 Å². The number of nitrogens with one attached hydrogen (secondary N) is 1. The Bertz CT molecular complexity index is 898. The molecule has 0 spiro atoms. The summed E-state index contributed by atoms with van der Waals surface area (Å²) in [6.07, 6.45) is 1.65. The topological polar surface area (TPSA) is 56.1 Å². The smallest absolute Gasteiger partial charge is 0.235 e. The number of aromatic nitrogens is 2. The molecule has 5 nitrogen and oxygen atoms in total. The van der Waals surface area contributed by atoms with E-state index < -0.39 is 0 Å². The highest BCUT2D eigenvalue weighted by atomic mass is 35.5. The van der Waals surface area contributed by atoms with Gasteiger partial charge >= 0.3 is 0 Å². The highest BCUT2D eigenvalue weighted by Gasteiger charge is 2.11. The van der Waals surface area contributed by atoms with Crippen LogP contribution in [0.5, 0.6) is 5.75 Å². The van der Waals surface area contributed by atoms with Crippen LogP contribution in [0.4, 0.5) is 5.82 Å². The second kappa shape index (κ2) is 8.78. The summed E-state index contributed by atoms with van der Waals surface area (Å²) in [6.45, 7) is 0.488. The number of methoxy groups -OCH3 is 1. The van der Waals surface area contributed by atoms with Crippen LogP contribution in [0.25, 0.3) is 0 Å². The highest BCUT2D eigenvalue weighted by Crippen LogP contribution is 2.28. The quantitative estimate of drug-likeness (QED) is 0.613. The molecule has 3 aromatic rings. The summed E-state index contributed by atoms with van der Waals surface area (Å²) in [6, 6.07) is 17.0. The van der Waals surface area contributed by atoms with Crippen molar-refractivity contribution in [3.05, 3.63) is 71.4 Å². The molecular formula is C19H18ClN3O2S. The third kappa shape index (κ3) is 4.59. The van der Waals surface area contributed by atoms with Crippen molar-refractivity contribution >= 4 is 35.1 Å². The number of nitrogens with zero attached hydrogens (tertiary/aromatic N) is 2. The monoisotopic (exact) mass is 387 g/mol. The lowest BCUT2D eigenvalue weighted by Crippen LogP contribution is -2.18. The third-order valence-electron chi connectivity index (χ3n) is 3.69. The first-order valence-corrected chi connectivity index (χ1v) is 9.34. The zero-order valence-electron chi connectivity index (χ0n) is 14.2. The van der Waals surface area contributed by atoms with Crippen LogP contribution in [0.1, 0.15) is 5.56 Å². The second-order valence-corrected chi connectivity index (χ2v) is 6.88. The van der Waals surface area contributed by atoms with Gasteiger partial charge in [-0.3, -0.25) is 4.79 Å². The summed E-state index contributed by atoms with van der Waals surface area (Å²) in [5, 5.41) is 7.84. The van der Waals surface area contributed by atoms with Gasteiger partial charge in [0.05, 0.1) is 25.6 Å². The number of thioether (sulfide) groups is 1. The number of carbonyl (C=O) groups is 1. The molecule has 0 aliphatic heterocycles. The van der Waals surface area contributed by atoms with Crippen molar-refractivity contribution in [3.63, 3.8) is 0 Å². The molecule has 2 aromatic carbocycles. The molecule has 0 aliphatic carbocycles. The van der Waals surface area contributed by atoms with Gasteiger partial charge in [-0.25, -0.2) is 4.68 Å². The number of amides is 1. The number of benzene rings is 2. The number of carbonyl (C=O) groups excluding carboxylic acids is 1. The summed E-state index contributed by atoms with van der Waals surface area (Å²) in [7, 11) is 1.62. The lowest BCUT2D eigenvalue weighted by atomic mass is 10.2. The van der Waals surface area contributed by atoms with E-state index in [0.29, 0.717) is 17.4 Å². The Kier molecular flexibility index (Phi) is 6.20. The van der Waals surface area contributed by atoms with Gasteiger partial charge in [0.1, 0.15) is 11.6 Å². The lowest BCUT2D eigenvalue weighted by Gasteiger charge is -2.11.